The molecular formula is C14H17N3O. The molecule has 1 unspecified atom stereocenters. The molecule has 1 aromatic heterocycles. The number of H-pyrrole nitrogens is 1. The van der Waals surface area contributed by atoms with Crippen LogP contribution in [-0.2, 0) is 0 Å². The standard InChI is InChI=1S/C14H17N3O/c1-2-12(10-6-4-3-5-7-10)17-14(18)13-8-11(15)9-16-13/h3-9,12,16H,2,15H2,1H3,(H,17,18). The molecule has 0 radical (unpaired) electrons. The summed E-state index contributed by atoms with van der Waals surface area (Å²) in [5, 5.41) is 2.99. The highest BCUT2D eigenvalue weighted by Gasteiger charge is 2.14. The van der Waals surface area contributed by atoms with Crippen LogP contribution in [0.25, 0.3) is 0 Å². The van der Waals surface area contributed by atoms with Crippen molar-refractivity contribution >= 4 is 11.6 Å². The van der Waals surface area contributed by atoms with Gasteiger partial charge in [0.15, 0.2) is 0 Å². The van der Waals surface area contributed by atoms with Crippen LogP contribution in [0.4, 0.5) is 5.69 Å². The number of nitrogens with two attached hydrogens (primary N) is 1. The Morgan fingerprint density at radius 1 is 1.39 bits per heavy atom. The molecule has 1 heterocycles. The summed E-state index contributed by atoms with van der Waals surface area (Å²) in [4.78, 5) is 14.9. The lowest BCUT2D eigenvalue weighted by Crippen LogP contribution is -2.28. The molecule has 0 fully saturated rings. The number of benzene rings is 1. The summed E-state index contributed by atoms with van der Waals surface area (Å²) in [5.41, 5.74) is 7.73. The van der Waals surface area contributed by atoms with Crippen molar-refractivity contribution in [3.63, 3.8) is 0 Å². The number of hydrogen-bond acceptors (Lipinski definition) is 2. The van der Waals surface area contributed by atoms with E-state index in [4.69, 9.17) is 5.73 Å². The maximum absolute atomic E-state index is 12.0. The highest BCUT2D eigenvalue weighted by atomic mass is 16.1. The minimum atomic E-state index is -0.137. The van der Waals surface area contributed by atoms with Gasteiger partial charge in [0.1, 0.15) is 5.69 Å². The quantitative estimate of drug-likeness (QED) is 0.772. The third kappa shape index (κ3) is 2.71. The van der Waals surface area contributed by atoms with Gasteiger partial charge in [0, 0.05) is 11.9 Å². The minimum absolute atomic E-state index is 0.0169. The van der Waals surface area contributed by atoms with E-state index < -0.39 is 0 Å². The Kier molecular flexibility index (Phi) is 3.67. The smallest absolute Gasteiger partial charge is 0.268 e. The van der Waals surface area contributed by atoms with Crippen LogP contribution in [-0.4, -0.2) is 10.9 Å². The molecule has 0 aliphatic carbocycles. The number of amides is 1. The van der Waals surface area contributed by atoms with Crippen LogP contribution in [0.15, 0.2) is 42.6 Å². The normalized spacial score (nSPS) is 12.1. The van der Waals surface area contributed by atoms with Gasteiger partial charge in [-0.05, 0) is 18.1 Å². The zero-order valence-electron chi connectivity index (χ0n) is 10.3. The molecule has 0 saturated heterocycles. The van der Waals surface area contributed by atoms with Crippen LogP contribution in [0.3, 0.4) is 0 Å². The van der Waals surface area contributed by atoms with Crippen LogP contribution in [0, 0.1) is 0 Å². The van der Waals surface area contributed by atoms with Gasteiger partial charge in [0.05, 0.1) is 6.04 Å². The molecule has 1 atom stereocenters. The largest absolute Gasteiger partial charge is 0.397 e. The second kappa shape index (κ2) is 5.40. The number of anilines is 1. The first-order chi connectivity index (χ1) is 8.70. The average Bonchev–Trinajstić information content (AvgIpc) is 2.83. The van der Waals surface area contributed by atoms with Crippen molar-refractivity contribution in [2.24, 2.45) is 0 Å². The maximum atomic E-state index is 12.0. The first kappa shape index (κ1) is 12.2. The molecule has 4 nitrogen and oxygen atoms in total. The van der Waals surface area contributed by atoms with Crippen molar-refractivity contribution in [1.82, 2.24) is 10.3 Å². The van der Waals surface area contributed by atoms with Gasteiger partial charge in [-0.1, -0.05) is 37.3 Å². The molecule has 1 amide bonds. The second-order valence-electron chi connectivity index (χ2n) is 4.19. The summed E-state index contributed by atoms with van der Waals surface area (Å²) in [6, 6.07) is 11.6. The fourth-order valence-electron chi connectivity index (χ4n) is 1.88. The Hall–Kier alpha value is -2.23. The van der Waals surface area contributed by atoms with Gasteiger partial charge in [-0.2, -0.15) is 0 Å². The molecular weight excluding hydrogens is 226 g/mol. The molecule has 2 rings (SSSR count). The topological polar surface area (TPSA) is 70.9 Å². The van der Waals surface area contributed by atoms with Crippen LogP contribution in [0.5, 0.6) is 0 Å². The van der Waals surface area contributed by atoms with Crippen molar-refractivity contribution in [3.05, 3.63) is 53.9 Å². The number of carbonyl (C=O) groups is 1. The number of nitrogens with one attached hydrogen (secondary N) is 2. The summed E-state index contributed by atoms with van der Waals surface area (Å²) in [5.74, 6) is -0.137. The van der Waals surface area contributed by atoms with E-state index in [2.05, 4.69) is 10.3 Å². The number of aromatic nitrogens is 1. The van der Waals surface area contributed by atoms with Crippen molar-refractivity contribution in [1.29, 1.82) is 0 Å². The van der Waals surface area contributed by atoms with E-state index in [9.17, 15) is 4.79 Å². The molecule has 94 valence electrons. The summed E-state index contributed by atoms with van der Waals surface area (Å²) in [6.45, 7) is 2.04. The second-order valence-corrected chi connectivity index (χ2v) is 4.19. The SMILES string of the molecule is CCC(NC(=O)c1cc(N)c[nH]1)c1ccccc1. The molecule has 2 aromatic rings. The fraction of sp³-hybridized carbons (Fsp3) is 0.214. The fourth-order valence-corrected chi connectivity index (χ4v) is 1.88. The van der Waals surface area contributed by atoms with Crippen molar-refractivity contribution in [3.8, 4) is 0 Å². The van der Waals surface area contributed by atoms with E-state index in [0.29, 0.717) is 11.4 Å². The molecule has 1 aromatic carbocycles. The first-order valence-corrected chi connectivity index (χ1v) is 6.00. The zero-order chi connectivity index (χ0) is 13.0. The lowest BCUT2D eigenvalue weighted by Gasteiger charge is -2.16. The van der Waals surface area contributed by atoms with Crippen molar-refractivity contribution in [2.75, 3.05) is 5.73 Å². The van der Waals surface area contributed by atoms with E-state index >= 15 is 0 Å². The van der Waals surface area contributed by atoms with Crippen LogP contribution < -0.4 is 11.1 Å². The van der Waals surface area contributed by atoms with Gasteiger partial charge >= 0.3 is 0 Å². The molecule has 0 spiro atoms. The molecule has 4 heteroatoms. The number of nitrogen functional groups attached to an aromatic ring is 1. The Bertz CT molecular complexity index is 519. The molecule has 4 N–H and O–H groups in total. The van der Waals surface area contributed by atoms with E-state index in [1.807, 2.05) is 37.3 Å². The van der Waals surface area contributed by atoms with E-state index in [1.54, 1.807) is 12.3 Å². The predicted molar refractivity (Wildman–Crippen MR) is 72.1 cm³/mol. The van der Waals surface area contributed by atoms with Gasteiger partial charge in [-0.3, -0.25) is 4.79 Å². The molecule has 0 saturated carbocycles. The number of hydrogen-bond donors (Lipinski definition) is 3. The Morgan fingerprint density at radius 2 is 2.11 bits per heavy atom. The highest BCUT2D eigenvalue weighted by molar-refractivity contribution is 5.93. The molecule has 0 aliphatic heterocycles. The Balaban J connectivity index is 2.10. The lowest BCUT2D eigenvalue weighted by atomic mass is 10.0. The monoisotopic (exact) mass is 243 g/mol. The molecule has 0 aliphatic rings. The lowest BCUT2D eigenvalue weighted by molar-refractivity contribution is 0.0931. The third-order valence-electron chi connectivity index (χ3n) is 2.87. The highest BCUT2D eigenvalue weighted by Crippen LogP contribution is 2.16. The van der Waals surface area contributed by atoms with Crippen LogP contribution >= 0.6 is 0 Å². The van der Waals surface area contributed by atoms with Crippen LogP contribution in [0.1, 0.15) is 35.4 Å². The predicted octanol–water partition coefficient (Wildman–Crippen LogP) is 2.48. The molecule has 18 heavy (non-hydrogen) atoms. The van der Waals surface area contributed by atoms with Gasteiger partial charge in [-0.25, -0.2) is 0 Å². The summed E-state index contributed by atoms with van der Waals surface area (Å²) in [7, 11) is 0. The van der Waals surface area contributed by atoms with Crippen molar-refractivity contribution in [2.45, 2.75) is 19.4 Å². The average molecular weight is 243 g/mol. The maximum Gasteiger partial charge on any atom is 0.268 e. The summed E-state index contributed by atoms with van der Waals surface area (Å²) in [6.07, 6.45) is 2.45. The van der Waals surface area contributed by atoms with Gasteiger partial charge < -0.3 is 16.0 Å². The number of rotatable bonds is 4. The summed E-state index contributed by atoms with van der Waals surface area (Å²) >= 11 is 0. The van der Waals surface area contributed by atoms with E-state index in [0.717, 1.165) is 12.0 Å². The van der Waals surface area contributed by atoms with Crippen LogP contribution in [0.2, 0.25) is 0 Å². The first-order valence-electron chi connectivity index (χ1n) is 6.00. The minimum Gasteiger partial charge on any atom is -0.397 e. The summed E-state index contributed by atoms with van der Waals surface area (Å²) < 4.78 is 0. The molecule has 0 bridgehead atoms. The zero-order valence-corrected chi connectivity index (χ0v) is 10.3. The van der Waals surface area contributed by atoms with Gasteiger partial charge in [0.2, 0.25) is 0 Å². The van der Waals surface area contributed by atoms with Gasteiger partial charge in [0.25, 0.3) is 5.91 Å². The van der Waals surface area contributed by atoms with Gasteiger partial charge in [-0.15, -0.1) is 0 Å². The number of carbonyl (C=O) groups excluding carboxylic acids is 1. The van der Waals surface area contributed by atoms with E-state index in [1.165, 1.54) is 0 Å². The van der Waals surface area contributed by atoms with Crippen molar-refractivity contribution < 1.29 is 4.79 Å². The Labute approximate surface area is 106 Å². The number of aromatic amines is 1. The third-order valence-corrected chi connectivity index (χ3v) is 2.87. The van der Waals surface area contributed by atoms with E-state index in [-0.39, 0.29) is 11.9 Å². The Morgan fingerprint density at radius 3 is 2.67 bits per heavy atom.